The maximum absolute atomic E-state index is 13.6. The van der Waals surface area contributed by atoms with E-state index in [0.29, 0.717) is 11.5 Å². The number of nitrogens with zero attached hydrogens (tertiary/aromatic N) is 2. The van der Waals surface area contributed by atoms with Gasteiger partial charge in [0.1, 0.15) is 11.5 Å². The van der Waals surface area contributed by atoms with E-state index in [1.807, 2.05) is 32.0 Å². The quantitative estimate of drug-likeness (QED) is 0.732. The summed E-state index contributed by atoms with van der Waals surface area (Å²) in [7, 11) is 0. The summed E-state index contributed by atoms with van der Waals surface area (Å²) in [5.74, 6) is -0.414. The van der Waals surface area contributed by atoms with Gasteiger partial charge in [-0.2, -0.15) is 0 Å². The number of hydrogen-bond donors (Lipinski definition) is 2. The number of aryl methyl sites for hydroxylation is 2. The molecule has 0 radical (unpaired) electrons. The molecule has 2 N–H and O–H groups in total. The van der Waals surface area contributed by atoms with Crippen LogP contribution < -0.4 is 10.6 Å². The van der Waals surface area contributed by atoms with Crippen LogP contribution in [0.15, 0.2) is 54.7 Å². The average molecular weight is 350 g/mol. The molecule has 1 aromatic heterocycles. The molecule has 5 nitrogen and oxygen atoms in total. The number of carbonyl (C=O) groups excluding carboxylic acids is 1. The zero-order valence-electron chi connectivity index (χ0n) is 14.6. The Morgan fingerprint density at radius 3 is 2.69 bits per heavy atom. The lowest BCUT2D eigenvalue weighted by molar-refractivity contribution is 0.0945. The Kier molecular flexibility index (Phi) is 5.22. The molecule has 26 heavy (non-hydrogen) atoms. The van der Waals surface area contributed by atoms with Crippen molar-refractivity contribution < 1.29 is 9.18 Å². The number of rotatable bonds is 5. The number of aromatic nitrogens is 2. The fourth-order valence-corrected chi connectivity index (χ4v) is 2.53. The van der Waals surface area contributed by atoms with Crippen LogP contribution in [0.4, 0.5) is 16.0 Å². The lowest BCUT2D eigenvalue weighted by Gasteiger charge is -2.10. The molecule has 0 aliphatic carbocycles. The zero-order chi connectivity index (χ0) is 18.5. The third-order valence-corrected chi connectivity index (χ3v) is 3.91. The molecule has 6 heteroatoms. The smallest absolute Gasteiger partial charge is 0.270 e. The summed E-state index contributed by atoms with van der Waals surface area (Å²) in [6, 6.07) is 13.8. The van der Waals surface area contributed by atoms with Crippen LogP contribution in [0, 0.1) is 19.7 Å². The van der Waals surface area contributed by atoms with Crippen LogP contribution in [0.25, 0.3) is 0 Å². The number of anilines is 2. The molecular formula is C20H19FN4O. The van der Waals surface area contributed by atoms with Crippen LogP contribution >= 0.6 is 0 Å². The van der Waals surface area contributed by atoms with Crippen molar-refractivity contribution in [3.05, 3.63) is 82.9 Å². The summed E-state index contributed by atoms with van der Waals surface area (Å²) in [6.45, 7) is 4.10. The number of amides is 1. The van der Waals surface area contributed by atoms with Crippen molar-refractivity contribution in [1.82, 2.24) is 15.3 Å². The molecule has 0 saturated carbocycles. The zero-order valence-corrected chi connectivity index (χ0v) is 14.6. The van der Waals surface area contributed by atoms with E-state index < -0.39 is 0 Å². The SMILES string of the molecule is Cc1ccc(Nc2nccc(C(=O)NCc3ccccc3F)n2)c(C)c1. The second-order valence-electron chi connectivity index (χ2n) is 5.98. The van der Waals surface area contributed by atoms with Gasteiger partial charge < -0.3 is 10.6 Å². The fraction of sp³-hybridized carbons (Fsp3) is 0.150. The van der Waals surface area contributed by atoms with E-state index in [0.717, 1.165) is 16.8 Å². The van der Waals surface area contributed by atoms with Crippen molar-refractivity contribution in [3.8, 4) is 0 Å². The second-order valence-corrected chi connectivity index (χ2v) is 5.98. The van der Waals surface area contributed by atoms with Crippen molar-refractivity contribution in [2.45, 2.75) is 20.4 Å². The molecule has 2 aromatic carbocycles. The lowest BCUT2D eigenvalue weighted by atomic mass is 10.1. The van der Waals surface area contributed by atoms with E-state index >= 15 is 0 Å². The van der Waals surface area contributed by atoms with Gasteiger partial charge in [-0.05, 0) is 37.6 Å². The molecule has 0 unspecified atom stereocenters. The summed E-state index contributed by atoms with van der Waals surface area (Å²) < 4.78 is 13.6. The minimum atomic E-state index is -0.390. The van der Waals surface area contributed by atoms with Crippen molar-refractivity contribution in [2.24, 2.45) is 0 Å². The predicted octanol–water partition coefficient (Wildman–Crippen LogP) is 3.91. The van der Waals surface area contributed by atoms with Gasteiger partial charge in [0, 0.05) is 24.0 Å². The second kappa shape index (κ2) is 7.74. The number of nitrogens with one attached hydrogen (secondary N) is 2. The maximum atomic E-state index is 13.6. The summed E-state index contributed by atoms with van der Waals surface area (Å²) >= 11 is 0. The van der Waals surface area contributed by atoms with Gasteiger partial charge in [0.15, 0.2) is 0 Å². The number of benzene rings is 2. The van der Waals surface area contributed by atoms with Gasteiger partial charge in [-0.3, -0.25) is 4.79 Å². The van der Waals surface area contributed by atoms with Crippen LogP contribution in [0.1, 0.15) is 27.2 Å². The molecule has 0 aliphatic heterocycles. The number of hydrogen-bond acceptors (Lipinski definition) is 4. The highest BCUT2D eigenvalue weighted by atomic mass is 19.1. The van der Waals surface area contributed by atoms with E-state index in [1.165, 1.54) is 18.3 Å². The third kappa shape index (κ3) is 4.22. The largest absolute Gasteiger partial charge is 0.347 e. The Hall–Kier alpha value is -3.28. The molecule has 0 aliphatic rings. The van der Waals surface area contributed by atoms with Gasteiger partial charge in [0.25, 0.3) is 5.91 Å². The Balaban J connectivity index is 1.70. The molecule has 3 aromatic rings. The third-order valence-electron chi connectivity index (χ3n) is 3.91. The van der Waals surface area contributed by atoms with Gasteiger partial charge in [0.2, 0.25) is 5.95 Å². The minimum absolute atomic E-state index is 0.0926. The van der Waals surface area contributed by atoms with Crippen LogP contribution in [-0.4, -0.2) is 15.9 Å². The van der Waals surface area contributed by atoms with Gasteiger partial charge in [-0.1, -0.05) is 35.9 Å². The van der Waals surface area contributed by atoms with Gasteiger partial charge in [0.05, 0.1) is 0 Å². The van der Waals surface area contributed by atoms with E-state index in [-0.39, 0.29) is 24.0 Å². The highest BCUT2D eigenvalue weighted by molar-refractivity contribution is 5.92. The first-order chi connectivity index (χ1) is 12.5. The van der Waals surface area contributed by atoms with Gasteiger partial charge >= 0.3 is 0 Å². The van der Waals surface area contributed by atoms with E-state index in [2.05, 4.69) is 20.6 Å². The van der Waals surface area contributed by atoms with Crippen molar-refractivity contribution >= 4 is 17.5 Å². The molecule has 0 atom stereocenters. The molecule has 0 fully saturated rings. The standard InChI is InChI=1S/C20H19FN4O/c1-13-7-8-17(14(2)11-13)24-20-22-10-9-18(25-20)19(26)23-12-15-5-3-4-6-16(15)21/h3-11H,12H2,1-2H3,(H,23,26)(H,22,24,25). The Morgan fingerprint density at radius 2 is 1.92 bits per heavy atom. The monoisotopic (exact) mass is 350 g/mol. The van der Waals surface area contributed by atoms with Crippen molar-refractivity contribution in [3.63, 3.8) is 0 Å². The first-order valence-electron chi connectivity index (χ1n) is 8.22. The normalized spacial score (nSPS) is 10.4. The van der Waals surface area contributed by atoms with Gasteiger partial charge in [-0.25, -0.2) is 14.4 Å². The first kappa shape index (κ1) is 17.5. The highest BCUT2D eigenvalue weighted by Gasteiger charge is 2.10. The summed E-state index contributed by atoms with van der Waals surface area (Å²) in [4.78, 5) is 20.7. The minimum Gasteiger partial charge on any atom is -0.347 e. The molecule has 0 saturated heterocycles. The molecule has 1 amide bonds. The lowest BCUT2D eigenvalue weighted by Crippen LogP contribution is -2.24. The van der Waals surface area contributed by atoms with E-state index in [4.69, 9.17) is 0 Å². The Labute approximate surface area is 151 Å². The average Bonchev–Trinajstić information content (AvgIpc) is 2.63. The summed E-state index contributed by atoms with van der Waals surface area (Å²) in [5.41, 5.74) is 3.73. The fourth-order valence-electron chi connectivity index (χ4n) is 2.53. The Morgan fingerprint density at radius 1 is 1.12 bits per heavy atom. The van der Waals surface area contributed by atoms with Crippen molar-refractivity contribution in [2.75, 3.05) is 5.32 Å². The van der Waals surface area contributed by atoms with Gasteiger partial charge in [-0.15, -0.1) is 0 Å². The van der Waals surface area contributed by atoms with Crippen LogP contribution in [-0.2, 0) is 6.54 Å². The van der Waals surface area contributed by atoms with Crippen molar-refractivity contribution in [1.29, 1.82) is 0 Å². The van der Waals surface area contributed by atoms with Crippen LogP contribution in [0.3, 0.4) is 0 Å². The summed E-state index contributed by atoms with van der Waals surface area (Å²) in [6.07, 6.45) is 1.51. The molecule has 0 bridgehead atoms. The van der Waals surface area contributed by atoms with Crippen LogP contribution in [0.5, 0.6) is 0 Å². The molecule has 0 spiro atoms. The Bertz CT molecular complexity index is 943. The molecule has 3 rings (SSSR count). The maximum Gasteiger partial charge on any atom is 0.270 e. The topological polar surface area (TPSA) is 66.9 Å². The van der Waals surface area contributed by atoms with Crippen LogP contribution in [0.2, 0.25) is 0 Å². The number of carbonyl (C=O) groups is 1. The van der Waals surface area contributed by atoms with E-state index in [9.17, 15) is 9.18 Å². The molecule has 132 valence electrons. The van der Waals surface area contributed by atoms with E-state index in [1.54, 1.807) is 18.2 Å². The predicted molar refractivity (Wildman–Crippen MR) is 98.8 cm³/mol. The summed E-state index contributed by atoms with van der Waals surface area (Å²) in [5, 5.41) is 5.78. The molecular weight excluding hydrogens is 331 g/mol. The number of halogens is 1. The first-order valence-corrected chi connectivity index (χ1v) is 8.22. The molecule has 1 heterocycles. The highest BCUT2D eigenvalue weighted by Crippen LogP contribution is 2.19.